The summed E-state index contributed by atoms with van der Waals surface area (Å²) in [6, 6.07) is 3.38. The quantitative estimate of drug-likeness (QED) is 0.631. The summed E-state index contributed by atoms with van der Waals surface area (Å²) in [5, 5.41) is 12.4. The van der Waals surface area contributed by atoms with Gasteiger partial charge in [0.1, 0.15) is 6.61 Å². The Morgan fingerprint density at radius 3 is 3.11 bits per heavy atom. The molecule has 0 fully saturated rings. The Morgan fingerprint density at radius 2 is 2.37 bits per heavy atom. The second-order valence-electron chi connectivity index (χ2n) is 3.92. The molecule has 0 atom stereocenters. The van der Waals surface area contributed by atoms with Crippen LogP contribution in [0.3, 0.4) is 0 Å². The van der Waals surface area contributed by atoms with Gasteiger partial charge in [0.05, 0.1) is 23.9 Å². The molecule has 1 aromatic carbocycles. The van der Waals surface area contributed by atoms with Crippen LogP contribution in [0.2, 0.25) is 5.02 Å². The molecule has 0 aliphatic carbocycles. The number of hydrogen-bond acceptors (Lipinski definition) is 5. The van der Waals surface area contributed by atoms with E-state index in [0.717, 1.165) is 5.56 Å². The van der Waals surface area contributed by atoms with Gasteiger partial charge >= 0.3 is 13.2 Å². The lowest BCUT2D eigenvalue weighted by molar-refractivity contribution is 0.107. The summed E-state index contributed by atoms with van der Waals surface area (Å²) in [4.78, 5) is 11.5. The molecule has 0 radical (unpaired) electrons. The second kappa shape index (κ2) is 6.25. The molecule has 102 valence electrons. The van der Waals surface area contributed by atoms with E-state index in [1.165, 1.54) is 7.11 Å². The van der Waals surface area contributed by atoms with E-state index in [0.29, 0.717) is 24.4 Å². The molecule has 1 aliphatic heterocycles. The number of hydrogen-bond donors (Lipinski definition) is 2. The molecule has 8 heteroatoms. The molecular weight excluding hydrogens is 272 g/mol. The van der Waals surface area contributed by atoms with Crippen molar-refractivity contribution in [2.45, 2.75) is 6.61 Å². The number of fused-ring (bicyclic) bond motifs is 1. The number of amides is 1. The molecule has 0 saturated heterocycles. The maximum absolute atomic E-state index is 11.5. The summed E-state index contributed by atoms with van der Waals surface area (Å²) in [7, 11) is 0.453. The van der Waals surface area contributed by atoms with Crippen LogP contribution in [0.15, 0.2) is 12.1 Å². The number of rotatable bonds is 4. The van der Waals surface area contributed by atoms with Crippen LogP contribution >= 0.6 is 11.6 Å². The van der Waals surface area contributed by atoms with Gasteiger partial charge in [-0.25, -0.2) is 4.79 Å². The van der Waals surface area contributed by atoms with Gasteiger partial charge in [-0.2, -0.15) is 0 Å². The van der Waals surface area contributed by atoms with E-state index in [1.54, 1.807) is 12.1 Å². The van der Waals surface area contributed by atoms with Crippen molar-refractivity contribution < 1.29 is 23.9 Å². The SMILES string of the molecule is COCCOC(=O)Nc1ccc2c(c1Cl)B(O)OC2. The fourth-order valence-electron chi connectivity index (χ4n) is 1.74. The van der Waals surface area contributed by atoms with Gasteiger partial charge in [0.2, 0.25) is 0 Å². The van der Waals surface area contributed by atoms with Crippen LogP contribution in [0.4, 0.5) is 10.5 Å². The normalized spacial score (nSPS) is 13.3. The van der Waals surface area contributed by atoms with Gasteiger partial charge in [0, 0.05) is 12.6 Å². The zero-order valence-electron chi connectivity index (χ0n) is 10.3. The first kappa shape index (κ1) is 14.1. The van der Waals surface area contributed by atoms with Crippen molar-refractivity contribution in [3.05, 3.63) is 22.7 Å². The standard InChI is InChI=1S/C11H13BClNO5/c1-17-4-5-18-11(15)14-8-3-2-7-6-19-12(16)9(7)10(8)13/h2-3,16H,4-6H2,1H3,(H,14,15). The van der Waals surface area contributed by atoms with Crippen molar-refractivity contribution in [2.75, 3.05) is 25.6 Å². The highest BCUT2D eigenvalue weighted by Crippen LogP contribution is 2.25. The zero-order chi connectivity index (χ0) is 13.8. The predicted molar refractivity (Wildman–Crippen MR) is 70.7 cm³/mol. The molecule has 0 bridgehead atoms. The molecule has 0 aromatic heterocycles. The van der Waals surface area contributed by atoms with E-state index < -0.39 is 13.2 Å². The van der Waals surface area contributed by atoms with Gasteiger partial charge in [-0.3, -0.25) is 5.32 Å². The van der Waals surface area contributed by atoms with Crippen LogP contribution < -0.4 is 10.8 Å². The Labute approximate surface area is 115 Å². The van der Waals surface area contributed by atoms with Crippen LogP contribution in [0.1, 0.15) is 5.56 Å². The number of ether oxygens (including phenoxy) is 2. The Kier molecular flexibility index (Phi) is 4.65. The molecule has 1 amide bonds. The zero-order valence-corrected chi connectivity index (χ0v) is 11.1. The summed E-state index contributed by atoms with van der Waals surface area (Å²) < 4.78 is 14.7. The van der Waals surface area contributed by atoms with E-state index in [-0.39, 0.29) is 11.6 Å². The fourth-order valence-corrected chi connectivity index (χ4v) is 2.06. The third-order valence-corrected chi connectivity index (χ3v) is 3.08. The molecule has 0 spiro atoms. The van der Waals surface area contributed by atoms with Crippen molar-refractivity contribution in [1.82, 2.24) is 0 Å². The summed E-state index contributed by atoms with van der Waals surface area (Å²) in [5.41, 5.74) is 1.65. The number of carbonyl (C=O) groups excluding carboxylic acids is 1. The number of anilines is 1. The highest BCUT2D eigenvalue weighted by atomic mass is 35.5. The van der Waals surface area contributed by atoms with Gasteiger partial charge in [-0.1, -0.05) is 17.7 Å². The van der Waals surface area contributed by atoms with Crippen LogP contribution in [-0.4, -0.2) is 38.6 Å². The van der Waals surface area contributed by atoms with Crippen LogP contribution in [0.5, 0.6) is 0 Å². The number of nitrogens with one attached hydrogen (secondary N) is 1. The van der Waals surface area contributed by atoms with Gasteiger partial charge in [0.15, 0.2) is 0 Å². The lowest BCUT2D eigenvalue weighted by atomic mass is 9.79. The molecule has 6 nitrogen and oxygen atoms in total. The van der Waals surface area contributed by atoms with Gasteiger partial charge in [0.25, 0.3) is 0 Å². The number of halogens is 1. The van der Waals surface area contributed by atoms with Crippen molar-refractivity contribution >= 4 is 36.0 Å². The summed E-state index contributed by atoms with van der Waals surface area (Å²) >= 11 is 6.12. The molecule has 1 aliphatic rings. The van der Waals surface area contributed by atoms with Crippen LogP contribution in [0.25, 0.3) is 0 Å². The lowest BCUT2D eigenvalue weighted by Crippen LogP contribution is -2.30. The van der Waals surface area contributed by atoms with Gasteiger partial charge in [-0.05, 0) is 11.6 Å². The Bertz CT molecular complexity index is 484. The monoisotopic (exact) mass is 285 g/mol. The van der Waals surface area contributed by atoms with E-state index in [4.69, 9.17) is 25.7 Å². The van der Waals surface area contributed by atoms with Crippen LogP contribution in [0, 0.1) is 0 Å². The predicted octanol–water partition coefficient (Wildman–Crippen LogP) is 0.753. The minimum absolute atomic E-state index is 0.149. The van der Waals surface area contributed by atoms with E-state index in [2.05, 4.69) is 5.32 Å². The largest absolute Gasteiger partial charge is 0.493 e. The molecule has 1 heterocycles. The highest BCUT2D eigenvalue weighted by Gasteiger charge is 2.31. The minimum atomic E-state index is -1.06. The molecule has 0 unspecified atom stereocenters. The van der Waals surface area contributed by atoms with E-state index in [1.807, 2.05) is 0 Å². The molecule has 2 N–H and O–H groups in total. The van der Waals surface area contributed by atoms with Crippen LogP contribution in [-0.2, 0) is 20.7 Å². The lowest BCUT2D eigenvalue weighted by Gasteiger charge is -2.10. The third-order valence-electron chi connectivity index (χ3n) is 2.67. The third kappa shape index (κ3) is 3.19. The maximum Gasteiger partial charge on any atom is 0.493 e. The van der Waals surface area contributed by atoms with Crippen molar-refractivity contribution in [3.63, 3.8) is 0 Å². The molecule has 19 heavy (non-hydrogen) atoms. The topological polar surface area (TPSA) is 77.0 Å². The Hall–Kier alpha value is -1.28. The van der Waals surface area contributed by atoms with Crippen molar-refractivity contribution in [2.24, 2.45) is 0 Å². The molecular formula is C11H13BClNO5. The number of benzene rings is 1. The average Bonchev–Trinajstić information content (AvgIpc) is 2.76. The van der Waals surface area contributed by atoms with Gasteiger partial charge < -0.3 is 19.2 Å². The minimum Gasteiger partial charge on any atom is -0.447 e. The number of methoxy groups -OCH3 is 1. The Balaban J connectivity index is 2.06. The Morgan fingerprint density at radius 1 is 1.58 bits per heavy atom. The first-order chi connectivity index (χ1) is 9.13. The summed E-state index contributed by atoms with van der Waals surface area (Å²) in [6.45, 7) is 0.767. The first-order valence-electron chi connectivity index (χ1n) is 5.67. The summed E-state index contributed by atoms with van der Waals surface area (Å²) in [6.07, 6.45) is -0.632. The fraction of sp³-hybridized carbons (Fsp3) is 0.364. The van der Waals surface area contributed by atoms with Gasteiger partial charge in [-0.15, -0.1) is 0 Å². The maximum atomic E-state index is 11.5. The van der Waals surface area contributed by atoms with Crippen molar-refractivity contribution in [3.8, 4) is 0 Å². The first-order valence-corrected chi connectivity index (χ1v) is 6.05. The number of carbonyl (C=O) groups is 1. The molecule has 0 saturated carbocycles. The molecule has 2 rings (SSSR count). The van der Waals surface area contributed by atoms with E-state index in [9.17, 15) is 9.82 Å². The molecule has 1 aromatic rings. The second-order valence-corrected chi connectivity index (χ2v) is 4.29. The smallest absolute Gasteiger partial charge is 0.447 e. The average molecular weight is 285 g/mol. The van der Waals surface area contributed by atoms with E-state index >= 15 is 0 Å². The van der Waals surface area contributed by atoms with Crippen molar-refractivity contribution in [1.29, 1.82) is 0 Å². The highest BCUT2D eigenvalue weighted by molar-refractivity contribution is 6.66. The summed E-state index contributed by atoms with van der Waals surface area (Å²) in [5.74, 6) is 0.